The van der Waals surface area contributed by atoms with Gasteiger partial charge in [0.2, 0.25) is 5.78 Å². The molecule has 1 aliphatic heterocycles. The van der Waals surface area contributed by atoms with Crippen LogP contribution in [0.1, 0.15) is 26.3 Å². The highest BCUT2D eigenvalue weighted by molar-refractivity contribution is 7.89. The molecular weight excluding hydrogens is 474 g/mol. The lowest BCUT2D eigenvalue weighted by Gasteiger charge is -2.31. The Kier molecular flexibility index (Phi) is 6.00. The summed E-state index contributed by atoms with van der Waals surface area (Å²) >= 11 is 0. The van der Waals surface area contributed by atoms with Crippen LogP contribution in [0.15, 0.2) is 120 Å². The largest absolute Gasteiger partial charge is 0.505 e. The van der Waals surface area contributed by atoms with Gasteiger partial charge >= 0.3 is 0 Å². The van der Waals surface area contributed by atoms with Crippen LogP contribution in [0.25, 0.3) is 16.9 Å². The smallest absolute Gasteiger partial charge is 0.265 e. The highest BCUT2D eigenvalue weighted by Gasteiger charge is 2.42. The van der Waals surface area contributed by atoms with Gasteiger partial charge < -0.3 is 5.11 Å². The van der Waals surface area contributed by atoms with Crippen LogP contribution >= 0.6 is 0 Å². The maximum Gasteiger partial charge on any atom is 0.265 e. The molecule has 0 aromatic heterocycles. The Morgan fingerprint density at radius 1 is 0.694 bits per heavy atom. The van der Waals surface area contributed by atoms with E-state index in [1.54, 1.807) is 60.7 Å². The second-order valence-corrected chi connectivity index (χ2v) is 10.1. The number of sulfonamides is 1. The number of fused-ring (bicyclic) bond motifs is 1. The quantitative estimate of drug-likeness (QED) is 0.229. The number of aliphatic hydroxyl groups excluding tert-OH is 1. The molecule has 0 saturated heterocycles. The molecule has 0 saturated carbocycles. The fraction of sp³-hybridized carbons (Fsp3) is 0.0345. The zero-order valence-corrected chi connectivity index (χ0v) is 19.9. The van der Waals surface area contributed by atoms with Crippen molar-refractivity contribution >= 4 is 27.3 Å². The number of hydrogen-bond donors (Lipinski definition) is 1. The van der Waals surface area contributed by atoms with E-state index in [0.717, 1.165) is 11.1 Å². The van der Waals surface area contributed by atoms with Crippen molar-refractivity contribution in [2.75, 3.05) is 6.54 Å². The molecule has 0 unspecified atom stereocenters. The monoisotopic (exact) mass is 495 g/mol. The SMILES string of the molecule is O=C(CN1C(=C(O)c2ccccc2)C(=O)c2ccccc2S1(=O)=O)c1ccc(-c2ccccc2)cc1. The Labute approximate surface area is 208 Å². The summed E-state index contributed by atoms with van der Waals surface area (Å²) in [4.78, 5) is 26.5. The van der Waals surface area contributed by atoms with Crippen LogP contribution in [0.5, 0.6) is 0 Å². The van der Waals surface area contributed by atoms with Gasteiger partial charge in [-0.25, -0.2) is 8.42 Å². The van der Waals surface area contributed by atoms with Crippen molar-refractivity contribution < 1.29 is 23.1 Å². The molecule has 0 bridgehead atoms. The van der Waals surface area contributed by atoms with Crippen LogP contribution in [-0.4, -0.2) is 35.9 Å². The molecule has 5 rings (SSSR count). The average molecular weight is 496 g/mol. The molecule has 0 amide bonds. The molecule has 0 spiro atoms. The lowest BCUT2D eigenvalue weighted by atomic mass is 10.0. The summed E-state index contributed by atoms with van der Waals surface area (Å²) in [6.07, 6.45) is 0. The number of carbonyl (C=O) groups is 2. The van der Waals surface area contributed by atoms with E-state index >= 15 is 0 Å². The number of ketones is 2. The summed E-state index contributed by atoms with van der Waals surface area (Å²) in [7, 11) is -4.30. The molecule has 0 atom stereocenters. The van der Waals surface area contributed by atoms with Gasteiger partial charge in [-0.15, -0.1) is 0 Å². The predicted octanol–water partition coefficient (Wildman–Crippen LogP) is 5.35. The van der Waals surface area contributed by atoms with Gasteiger partial charge in [0.05, 0.1) is 11.4 Å². The van der Waals surface area contributed by atoms with Crippen LogP contribution in [0.3, 0.4) is 0 Å². The number of Topliss-reactive ketones (excluding diaryl/α,β-unsaturated/α-hetero) is 2. The Morgan fingerprint density at radius 3 is 1.92 bits per heavy atom. The number of nitrogens with zero attached hydrogens (tertiary/aromatic N) is 1. The van der Waals surface area contributed by atoms with Crippen molar-refractivity contribution in [3.05, 3.63) is 132 Å². The average Bonchev–Trinajstić information content (AvgIpc) is 2.93. The van der Waals surface area contributed by atoms with E-state index in [2.05, 4.69) is 0 Å². The standard InChI is InChI=1S/C29H21NO5S/c31-25(22-17-15-21(16-18-22)20-9-3-1-4-10-20)19-30-27(28(32)23-11-5-2-6-12-23)29(33)24-13-7-8-14-26(24)36(30,34)35/h1-18,32H,19H2. The van der Waals surface area contributed by atoms with Crippen molar-refractivity contribution in [1.82, 2.24) is 4.31 Å². The van der Waals surface area contributed by atoms with E-state index < -0.39 is 39.6 Å². The molecule has 36 heavy (non-hydrogen) atoms. The van der Waals surface area contributed by atoms with Gasteiger partial charge in [-0.2, -0.15) is 0 Å². The van der Waals surface area contributed by atoms with Gasteiger partial charge in [-0.3, -0.25) is 13.9 Å². The third-order valence-corrected chi connectivity index (χ3v) is 7.84. The zero-order valence-electron chi connectivity index (χ0n) is 19.0. The first kappa shape index (κ1) is 23.3. The lowest BCUT2D eigenvalue weighted by molar-refractivity contribution is 0.0952. The van der Waals surface area contributed by atoms with Gasteiger partial charge in [0, 0.05) is 16.7 Å². The lowest BCUT2D eigenvalue weighted by Crippen LogP contribution is -2.42. The van der Waals surface area contributed by atoms with Crippen molar-refractivity contribution in [3.63, 3.8) is 0 Å². The number of allylic oxidation sites excluding steroid dienone is 1. The molecule has 4 aromatic rings. The minimum Gasteiger partial charge on any atom is -0.505 e. The number of rotatable bonds is 5. The van der Waals surface area contributed by atoms with E-state index in [-0.39, 0.29) is 21.6 Å². The molecule has 1 heterocycles. The van der Waals surface area contributed by atoms with Gasteiger partial charge in [-0.1, -0.05) is 97.1 Å². The predicted molar refractivity (Wildman–Crippen MR) is 137 cm³/mol. The third-order valence-electron chi connectivity index (χ3n) is 6.04. The summed E-state index contributed by atoms with van der Waals surface area (Å²) in [6.45, 7) is -0.640. The molecule has 0 aliphatic carbocycles. The molecule has 1 N–H and O–H groups in total. The summed E-state index contributed by atoms with van der Waals surface area (Å²) in [5, 5.41) is 11.0. The number of hydrogen-bond acceptors (Lipinski definition) is 5. The molecular formula is C29H21NO5S. The minimum absolute atomic E-state index is 0.0501. The molecule has 0 fully saturated rings. The molecule has 0 radical (unpaired) electrons. The summed E-state index contributed by atoms with van der Waals surface area (Å²) in [5.41, 5.74) is 1.94. The zero-order chi connectivity index (χ0) is 25.3. The maximum absolute atomic E-state index is 13.6. The molecule has 4 aromatic carbocycles. The number of aliphatic hydroxyl groups is 1. The fourth-order valence-electron chi connectivity index (χ4n) is 4.18. The van der Waals surface area contributed by atoms with Gasteiger partial charge in [0.15, 0.2) is 11.5 Å². The van der Waals surface area contributed by atoms with Crippen molar-refractivity contribution in [2.24, 2.45) is 0 Å². The Hall–Kier alpha value is -4.49. The van der Waals surface area contributed by atoms with E-state index in [1.165, 1.54) is 18.2 Å². The fourth-order valence-corrected chi connectivity index (χ4v) is 5.81. The van der Waals surface area contributed by atoms with E-state index in [1.807, 2.05) is 30.3 Å². The first-order valence-corrected chi connectivity index (χ1v) is 12.7. The van der Waals surface area contributed by atoms with Gasteiger partial charge in [-0.05, 0) is 23.3 Å². The van der Waals surface area contributed by atoms with Gasteiger partial charge in [0.1, 0.15) is 5.70 Å². The highest BCUT2D eigenvalue weighted by Crippen LogP contribution is 2.35. The highest BCUT2D eigenvalue weighted by atomic mass is 32.2. The topological polar surface area (TPSA) is 91.8 Å². The minimum atomic E-state index is -4.30. The number of carbonyl (C=O) groups excluding carboxylic acids is 2. The first-order chi connectivity index (χ1) is 17.4. The van der Waals surface area contributed by atoms with Crippen molar-refractivity contribution in [2.45, 2.75) is 4.90 Å². The first-order valence-electron chi connectivity index (χ1n) is 11.2. The van der Waals surface area contributed by atoms with Crippen molar-refractivity contribution in [3.8, 4) is 11.1 Å². The Morgan fingerprint density at radius 2 is 1.25 bits per heavy atom. The Balaban J connectivity index is 1.56. The summed E-state index contributed by atoms with van der Waals surface area (Å²) in [5.74, 6) is -1.69. The Bertz CT molecular complexity index is 1590. The second-order valence-electron chi connectivity index (χ2n) is 8.27. The molecule has 7 heteroatoms. The summed E-state index contributed by atoms with van der Waals surface area (Å²) < 4.78 is 27.9. The summed E-state index contributed by atoms with van der Waals surface area (Å²) in [6, 6.07) is 30.4. The number of benzene rings is 4. The normalized spacial score (nSPS) is 15.8. The molecule has 6 nitrogen and oxygen atoms in total. The van der Waals surface area contributed by atoms with Crippen molar-refractivity contribution in [1.29, 1.82) is 0 Å². The van der Waals surface area contributed by atoms with E-state index in [9.17, 15) is 23.1 Å². The van der Waals surface area contributed by atoms with Crippen LogP contribution < -0.4 is 0 Å². The van der Waals surface area contributed by atoms with E-state index in [0.29, 0.717) is 4.31 Å². The molecule has 178 valence electrons. The van der Waals surface area contributed by atoms with Crippen LogP contribution in [0, 0.1) is 0 Å². The van der Waals surface area contributed by atoms with Crippen LogP contribution in [0.2, 0.25) is 0 Å². The second kappa shape index (κ2) is 9.28. The van der Waals surface area contributed by atoms with Gasteiger partial charge in [0.25, 0.3) is 10.0 Å². The van der Waals surface area contributed by atoms with E-state index in [4.69, 9.17) is 0 Å². The third kappa shape index (κ3) is 4.10. The molecule has 1 aliphatic rings. The maximum atomic E-state index is 13.6. The van der Waals surface area contributed by atoms with Crippen LogP contribution in [-0.2, 0) is 10.0 Å². The van der Waals surface area contributed by atoms with Crippen LogP contribution in [0.4, 0.5) is 0 Å².